The van der Waals surface area contributed by atoms with Crippen LogP contribution in [-0.4, -0.2) is 80.6 Å². The number of fused-ring (bicyclic) bond motifs is 1. The molecule has 162 valence electrons. The van der Waals surface area contributed by atoms with E-state index in [2.05, 4.69) is 26.1 Å². The van der Waals surface area contributed by atoms with Gasteiger partial charge in [-0.2, -0.15) is 5.10 Å². The van der Waals surface area contributed by atoms with Gasteiger partial charge in [-0.25, -0.2) is 0 Å². The van der Waals surface area contributed by atoms with Crippen LogP contribution in [0.2, 0.25) is 0 Å². The maximum atomic E-state index is 13.0. The lowest BCUT2D eigenvalue weighted by Gasteiger charge is -2.36. The van der Waals surface area contributed by atoms with Gasteiger partial charge in [-0.3, -0.25) is 4.79 Å². The molecule has 9 nitrogen and oxygen atoms in total. The van der Waals surface area contributed by atoms with Gasteiger partial charge in [0.15, 0.2) is 22.9 Å². The second-order valence-electron chi connectivity index (χ2n) is 7.64. The van der Waals surface area contributed by atoms with Gasteiger partial charge in [0.2, 0.25) is 0 Å². The van der Waals surface area contributed by atoms with Crippen molar-refractivity contribution in [2.24, 2.45) is 0 Å². The SMILES string of the molecule is COc1cccc2cc(C(=O)N3CCN(c4cnnc(N5CCOCC5)c4)CC3)oc12. The molecule has 2 aliphatic rings. The van der Waals surface area contributed by atoms with Gasteiger partial charge in [0.05, 0.1) is 32.2 Å². The molecule has 0 N–H and O–H groups in total. The number of piperazine rings is 1. The van der Waals surface area contributed by atoms with E-state index in [-0.39, 0.29) is 5.91 Å². The van der Waals surface area contributed by atoms with E-state index in [1.165, 1.54) is 0 Å². The van der Waals surface area contributed by atoms with Crippen molar-refractivity contribution in [3.8, 4) is 5.75 Å². The first-order chi connectivity index (χ1) is 15.2. The number of amides is 1. The Morgan fingerprint density at radius 3 is 2.61 bits per heavy atom. The van der Waals surface area contributed by atoms with E-state index in [1.54, 1.807) is 19.4 Å². The molecular weight excluding hydrogens is 398 g/mol. The minimum absolute atomic E-state index is 0.0974. The van der Waals surface area contributed by atoms with Crippen LogP contribution < -0.4 is 14.5 Å². The molecule has 0 radical (unpaired) electrons. The highest BCUT2D eigenvalue weighted by Gasteiger charge is 2.26. The zero-order valence-electron chi connectivity index (χ0n) is 17.5. The number of furan rings is 1. The van der Waals surface area contributed by atoms with E-state index in [9.17, 15) is 4.79 Å². The monoisotopic (exact) mass is 423 g/mol. The van der Waals surface area contributed by atoms with Gasteiger partial charge in [-0.1, -0.05) is 12.1 Å². The molecule has 31 heavy (non-hydrogen) atoms. The van der Waals surface area contributed by atoms with Crippen LogP contribution in [0, 0.1) is 0 Å². The number of carbonyl (C=O) groups excluding carboxylic acids is 1. The fraction of sp³-hybridized carbons (Fsp3) is 0.409. The molecule has 2 aromatic heterocycles. The second-order valence-corrected chi connectivity index (χ2v) is 7.64. The number of hydrogen-bond acceptors (Lipinski definition) is 8. The van der Waals surface area contributed by atoms with E-state index >= 15 is 0 Å². The number of rotatable bonds is 4. The summed E-state index contributed by atoms with van der Waals surface area (Å²) < 4.78 is 16.6. The fourth-order valence-corrected chi connectivity index (χ4v) is 4.09. The van der Waals surface area contributed by atoms with Crippen LogP contribution in [0.15, 0.2) is 40.9 Å². The molecule has 0 aliphatic carbocycles. The summed E-state index contributed by atoms with van der Waals surface area (Å²) in [5, 5.41) is 9.34. The van der Waals surface area contributed by atoms with Gasteiger partial charge >= 0.3 is 0 Å². The van der Waals surface area contributed by atoms with E-state index in [1.807, 2.05) is 23.1 Å². The summed E-state index contributed by atoms with van der Waals surface area (Å²) in [5.41, 5.74) is 1.63. The predicted molar refractivity (Wildman–Crippen MR) is 116 cm³/mol. The van der Waals surface area contributed by atoms with Crippen LogP contribution in [0.1, 0.15) is 10.6 Å². The summed E-state index contributed by atoms with van der Waals surface area (Å²) >= 11 is 0. The van der Waals surface area contributed by atoms with Crippen LogP contribution in [0.25, 0.3) is 11.0 Å². The van der Waals surface area contributed by atoms with Crippen molar-refractivity contribution in [2.45, 2.75) is 0 Å². The standard InChI is InChI=1S/C22H25N5O4/c1-29-18-4-2-3-16-13-19(31-21(16)18)22(28)27-7-5-25(6-8-27)17-14-20(24-23-15-17)26-9-11-30-12-10-26/h2-4,13-15H,5-12H2,1H3. The minimum atomic E-state index is -0.0974. The highest BCUT2D eigenvalue weighted by atomic mass is 16.5. The number of anilines is 2. The molecule has 1 amide bonds. The van der Waals surface area contributed by atoms with Crippen LogP contribution in [0.4, 0.5) is 11.5 Å². The predicted octanol–water partition coefficient (Wildman–Crippen LogP) is 2.03. The molecule has 2 aliphatic heterocycles. The average molecular weight is 423 g/mol. The highest BCUT2D eigenvalue weighted by Crippen LogP contribution is 2.29. The Balaban J connectivity index is 1.26. The van der Waals surface area contributed by atoms with Crippen molar-refractivity contribution >= 4 is 28.4 Å². The van der Waals surface area contributed by atoms with E-state index < -0.39 is 0 Å². The molecule has 0 unspecified atom stereocenters. The Morgan fingerprint density at radius 2 is 1.84 bits per heavy atom. The number of nitrogens with zero attached hydrogens (tertiary/aromatic N) is 5. The molecule has 0 bridgehead atoms. The van der Waals surface area contributed by atoms with Gasteiger partial charge in [0.25, 0.3) is 5.91 Å². The quantitative estimate of drug-likeness (QED) is 0.630. The third-order valence-electron chi connectivity index (χ3n) is 5.83. The number of aromatic nitrogens is 2. The minimum Gasteiger partial charge on any atom is -0.493 e. The summed E-state index contributed by atoms with van der Waals surface area (Å²) in [6, 6.07) is 9.48. The summed E-state index contributed by atoms with van der Waals surface area (Å²) in [4.78, 5) is 19.3. The lowest BCUT2D eigenvalue weighted by atomic mass is 10.2. The molecule has 4 heterocycles. The van der Waals surface area contributed by atoms with Crippen LogP contribution in [0.3, 0.4) is 0 Å². The van der Waals surface area contributed by atoms with Crippen LogP contribution in [-0.2, 0) is 4.74 Å². The van der Waals surface area contributed by atoms with Crippen molar-refractivity contribution in [1.29, 1.82) is 0 Å². The highest BCUT2D eigenvalue weighted by molar-refractivity contribution is 5.97. The Labute approximate surface area is 180 Å². The van der Waals surface area contributed by atoms with Crippen molar-refractivity contribution in [1.82, 2.24) is 15.1 Å². The molecular formula is C22H25N5O4. The van der Waals surface area contributed by atoms with E-state index in [0.29, 0.717) is 43.4 Å². The summed E-state index contributed by atoms with van der Waals surface area (Å²) in [6.07, 6.45) is 1.78. The van der Waals surface area contributed by atoms with Gasteiger partial charge < -0.3 is 28.6 Å². The summed E-state index contributed by atoms with van der Waals surface area (Å²) in [5.74, 6) is 1.74. The zero-order chi connectivity index (χ0) is 21.2. The molecule has 0 saturated carbocycles. The first-order valence-electron chi connectivity index (χ1n) is 10.5. The summed E-state index contributed by atoms with van der Waals surface area (Å²) in [6.45, 7) is 5.74. The lowest BCUT2D eigenvalue weighted by molar-refractivity contribution is 0.0717. The van der Waals surface area contributed by atoms with Crippen molar-refractivity contribution in [3.63, 3.8) is 0 Å². The number of morpholine rings is 1. The van der Waals surface area contributed by atoms with Crippen molar-refractivity contribution in [2.75, 3.05) is 69.4 Å². The van der Waals surface area contributed by atoms with Gasteiger partial charge in [0.1, 0.15) is 0 Å². The third kappa shape index (κ3) is 3.88. The zero-order valence-corrected chi connectivity index (χ0v) is 17.5. The van der Waals surface area contributed by atoms with E-state index in [0.717, 1.165) is 43.1 Å². The maximum absolute atomic E-state index is 13.0. The van der Waals surface area contributed by atoms with Gasteiger partial charge in [-0.05, 0) is 12.1 Å². The number of methoxy groups -OCH3 is 1. The number of para-hydroxylation sites is 1. The van der Waals surface area contributed by atoms with Gasteiger partial charge in [0, 0.05) is 50.7 Å². The maximum Gasteiger partial charge on any atom is 0.289 e. The third-order valence-corrected chi connectivity index (χ3v) is 5.83. The number of hydrogen-bond donors (Lipinski definition) is 0. The normalized spacial score (nSPS) is 17.3. The smallest absolute Gasteiger partial charge is 0.289 e. The molecule has 2 fully saturated rings. The molecule has 0 spiro atoms. The number of benzene rings is 1. The Bertz CT molecular complexity index is 1070. The fourth-order valence-electron chi connectivity index (χ4n) is 4.09. The first kappa shape index (κ1) is 19.6. The number of carbonyl (C=O) groups is 1. The van der Waals surface area contributed by atoms with Crippen LogP contribution in [0.5, 0.6) is 5.75 Å². The first-order valence-corrected chi connectivity index (χ1v) is 10.5. The molecule has 3 aromatic rings. The van der Waals surface area contributed by atoms with Crippen LogP contribution >= 0.6 is 0 Å². The summed E-state index contributed by atoms with van der Waals surface area (Å²) in [7, 11) is 1.59. The lowest BCUT2D eigenvalue weighted by Crippen LogP contribution is -2.48. The van der Waals surface area contributed by atoms with Gasteiger partial charge in [-0.15, -0.1) is 5.10 Å². The largest absolute Gasteiger partial charge is 0.493 e. The van der Waals surface area contributed by atoms with Crippen molar-refractivity contribution < 1.29 is 18.7 Å². The topological polar surface area (TPSA) is 84.2 Å². The molecule has 1 aromatic carbocycles. The Morgan fingerprint density at radius 1 is 1.03 bits per heavy atom. The Hall–Kier alpha value is -3.33. The Kier molecular flexibility index (Phi) is 5.33. The van der Waals surface area contributed by atoms with Crippen molar-refractivity contribution in [3.05, 3.63) is 42.3 Å². The average Bonchev–Trinajstić information content (AvgIpc) is 3.29. The van der Waals surface area contributed by atoms with E-state index in [4.69, 9.17) is 13.9 Å². The molecule has 9 heteroatoms. The second kappa shape index (κ2) is 8.43. The molecule has 0 atom stereocenters. The molecule has 2 saturated heterocycles. The molecule has 5 rings (SSSR count). The number of ether oxygens (including phenoxy) is 2.